The van der Waals surface area contributed by atoms with Gasteiger partial charge in [-0.2, -0.15) is 0 Å². The molecule has 2 unspecified atom stereocenters. The Morgan fingerprint density at radius 1 is 1.33 bits per heavy atom. The van der Waals surface area contributed by atoms with E-state index in [2.05, 4.69) is 44.4 Å². The fraction of sp³-hybridized carbons (Fsp3) is 0.588. The molecule has 2 N–H and O–H groups in total. The Bertz CT molecular complexity index is 500. The predicted octanol–water partition coefficient (Wildman–Crippen LogP) is 2.75. The highest BCUT2D eigenvalue weighted by molar-refractivity contribution is 5.97. The lowest BCUT2D eigenvalue weighted by Gasteiger charge is -2.28. The zero-order chi connectivity index (χ0) is 15.4. The van der Waals surface area contributed by atoms with Crippen LogP contribution in [-0.2, 0) is 0 Å². The summed E-state index contributed by atoms with van der Waals surface area (Å²) in [5.74, 6) is 1.69. The van der Waals surface area contributed by atoms with E-state index in [1.54, 1.807) is 0 Å². The van der Waals surface area contributed by atoms with E-state index >= 15 is 0 Å². The van der Waals surface area contributed by atoms with Gasteiger partial charge in [0.05, 0.1) is 12.1 Å². The summed E-state index contributed by atoms with van der Waals surface area (Å²) >= 11 is 0. The highest BCUT2D eigenvalue weighted by Crippen LogP contribution is 2.31. The molecule has 0 aromatic heterocycles. The van der Waals surface area contributed by atoms with E-state index in [1.807, 2.05) is 12.1 Å². The highest BCUT2D eigenvalue weighted by atomic mass is 16.5. The fourth-order valence-corrected chi connectivity index (χ4v) is 2.68. The zero-order valence-electron chi connectivity index (χ0n) is 13.4. The Morgan fingerprint density at radius 3 is 2.76 bits per heavy atom. The maximum atomic E-state index is 12.1. The smallest absolute Gasteiger partial charge is 0.255 e. The highest BCUT2D eigenvalue weighted by Gasteiger charge is 2.24. The molecule has 4 heteroatoms. The third kappa shape index (κ3) is 3.56. The molecule has 1 heterocycles. The Balaban J connectivity index is 2.36. The van der Waals surface area contributed by atoms with Crippen LogP contribution in [0, 0.1) is 11.8 Å². The van der Waals surface area contributed by atoms with Crippen LogP contribution in [0.15, 0.2) is 18.2 Å². The molecule has 0 bridgehead atoms. The summed E-state index contributed by atoms with van der Waals surface area (Å²) in [5.41, 5.74) is 1.79. The lowest BCUT2D eigenvalue weighted by Crippen LogP contribution is -2.30. The first kappa shape index (κ1) is 15.8. The Hall–Kier alpha value is -1.55. The van der Waals surface area contributed by atoms with Crippen molar-refractivity contribution >= 4 is 5.91 Å². The third-order valence-electron chi connectivity index (χ3n) is 4.25. The molecule has 4 nitrogen and oxygen atoms in total. The minimum atomic E-state index is -0.0446. The number of benzene rings is 1. The lowest BCUT2D eigenvalue weighted by atomic mass is 9.85. The molecule has 1 aromatic carbocycles. The largest absolute Gasteiger partial charge is 0.491 e. The van der Waals surface area contributed by atoms with Crippen LogP contribution in [0.1, 0.15) is 49.7 Å². The number of hydrogen-bond donors (Lipinski definition) is 2. The number of ether oxygens (including phenoxy) is 1. The van der Waals surface area contributed by atoms with Gasteiger partial charge in [-0.05, 0) is 36.1 Å². The van der Waals surface area contributed by atoms with Gasteiger partial charge in [0.15, 0.2) is 0 Å². The number of hydrogen-bond acceptors (Lipinski definition) is 3. The molecule has 0 saturated heterocycles. The SMILES string of the molecule is CCNC(c1ccc2c(c1)C(=O)NCCO2)C(C)C(C)C. The summed E-state index contributed by atoms with van der Waals surface area (Å²) in [4.78, 5) is 12.1. The summed E-state index contributed by atoms with van der Waals surface area (Å²) in [5, 5.41) is 6.41. The van der Waals surface area contributed by atoms with Gasteiger partial charge in [0.1, 0.15) is 12.4 Å². The van der Waals surface area contributed by atoms with E-state index in [4.69, 9.17) is 4.74 Å². The third-order valence-corrected chi connectivity index (χ3v) is 4.25. The van der Waals surface area contributed by atoms with Gasteiger partial charge in [0, 0.05) is 6.04 Å². The minimum absolute atomic E-state index is 0.0446. The number of carbonyl (C=O) groups is 1. The minimum Gasteiger partial charge on any atom is -0.491 e. The average Bonchev–Trinajstić information content (AvgIpc) is 2.65. The average molecular weight is 290 g/mol. The molecule has 0 saturated carbocycles. The number of nitrogens with one attached hydrogen (secondary N) is 2. The number of rotatable bonds is 5. The molecule has 1 aromatic rings. The van der Waals surface area contributed by atoms with Gasteiger partial charge in [0.2, 0.25) is 0 Å². The normalized spacial score (nSPS) is 17.5. The quantitative estimate of drug-likeness (QED) is 0.876. The molecule has 0 radical (unpaired) electrons. The van der Waals surface area contributed by atoms with E-state index in [9.17, 15) is 4.79 Å². The standard InChI is InChI=1S/C17H26N2O2/c1-5-18-16(12(4)11(2)3)13-6-7-15-14(10-13)17(20)19-8-9-21-15/h6-7,10-12,16,18H,5,8-9H2,1-4H3,(H,19,20). The van der Waals surface area contributed by atoms with Gasteiger partial charge in [0.25, 0.3) is 5.91 Å². The molecule has 1 aliphatic rings. The number of amides is 1. The molecule has 2 rings (SSSR count). The van der Waals surface area contributed by atoms with Gasteiger partial charge in [-0.1, -0.05) is 33.8 Å². The Labute approximate surface area is 127 Å². The predicted molar refractivity (Wildman–Crippen MR) is 84.7 cm³/mol. The second kappa shape index (κ2) is 6.94. The van der Waals surface area contributed by atoms with Crippen LogP contribution in [0.25, 0.3) is 0 Å². The van der Waals surface area contributed by atoms with Gasteiger partial charge < -0.3 is 15.4 Å². The molecular weight excluding hydrogens is 264 g/mol. The molecular formula is C17H26N2O2. The Morgan fingerprint density at radius 2 is 2.10 bits per heavy atom. The van der Waals surface area contributed by atoms with Crippen LogP contribution in [-0.4, -0.2) is 25.6 Å². The molecule has 2 atom stereocenters. The molecule has 0 fully saturated rings. The second-order valence-electron chi connectivity index (χ2n) is 6.00. The fourth-order valence-electron chi connectivity index (χ4n) is 2.68. The van der Waals surface area contributed by atoms with Crippen LogP contribution < -0.4 is 15.4 Å². The van der Waals surface area contributed by atoms with Gasteiger partial charge in [-0.3, -0.25) is 4.79 Å². The molecule has 1 aliphatic heterocycles. The first-order valence-electron chi connectivity index (χ1n) is 7.83. The van der Waals surface area contributed by atoms with E-state index in [0.29, 0.717) is 36.3 Å². The number of fused-ring (bicyclic) bond motifs is 1. The van der Waals surface area contributed by atoms with Gasteiger partial charge in [-0.15, -0.1) is 0 Å². The van der Waals surface area contributed by atoms with Crippen LogP contribution in [0.4, 0.5) is 0 Å². The van der Waals surface area contributed by atoms with Crippen molar-refractivity contribution in [3.63, 3.8) is 0 Å². The molecule has 1 amide bonds. The van der Waals surface area contributed by atoms with Crippen molar-refractivity contribution in [2.24, 2.45) is 11.8 Å². The second-order valence-corrected chi connectivity index (χ2v) is 6.00. The van der Waals surface area contributed by atoms with Crippen molar-refractivity contribution in [2.75, 3.05) is 19.7 Å². The van der Waals surface area contributed by atoms with Crippen LogP contribution in [0.2, 0.25) is 0 Å². The van der Waals surface area contributed by atoms with Crippen molar-refractivity contribution in [3.05, 3.63) is 29.3 Å². The molecule has 0 aliphatic carbocycles. The Kier molecular flexibility index (Phi) is 5.23. The molecule has 116 valence electrons. The molecule has 21 heavy (non-hydrogen) atoms. The number of carbonyl (C=O) groups excluding carboxylic acids is 1. The van der Waals surface area contributed by atoms with E-state index in [0.717, 1.165) is 12.1 Å². The van der Waals surface area contributed by atoms with Crippen molar-refractivity contribution in [2.45, 2.75) is 33.7 Å². The van der Waals surface area contributed by atoms with Gasteiger partial charge in [-0.25, -0.2) is 0 Å². The van der Waals surface area contributed by atoms with Crippen molar-refractivity contribution < 1.29 is 9.53 Å². The monoisotopic (exact) mass is 290 g/mol. The van der Waals surface area contributed by atoms with Crippen molar-refractivity contribution in [1.82, 2.24) is 10.6 Å². The van der Waals surface area contributed by atoms with Crippen LogP contribution in [0.5, 0.6) is 5.75 Å². The van der Waals surface area contributed by atoms with Crippen molar-refractivity contribution in [3.8, 4) is 5.75 Å². The summed E-state index contributed by atoms with van der Waals surface area (Å²) < 4.78 is 5.62. The zero-order valence-corrected chi connectivity index (χ0v) is 13.4. The maximum absolute atomic E-state index is 12.1. The van der Waals surface area contributed by atoms with Crippen LogP contribution in [0.3, 0.4) is 0 Å². The van der Waals surface area contributed by atoms with E-state index in [1.165, 1.54) is 0 Å². The van der Waals surface area contributed by atoms with Crippen LogP contribution >= 0.6 is 0 Å². The maximum Gasteiger partial charge on any atom is 0.255 e. The summed E-state index contributed by atoms with van der Waals surface area (Å²) in [7, 11) is 0. The first-order chi connectivity index (χ1) is 10.0. The summed E-state index contributed by atoms with van der Waals surface area (Å²) in [6.45, 7) is 10.8. The first-order valence-corrected chi connectivity index (χ1v) is 7.83. The van der Waals surface area contributed by atoms with E-state index < -0.39 is 0 Å². The van der Waals surface area contributed by atoms with Crippen molar-refractivity contribution in [1.29, 1.82) is 0 Å². The van der Waals surface area contributed by atoms with Gasteiger partial charge >= 0.3 is 0 Å². The molecule has 0 spiro atoms. The topological polar surface area (TPSA) is 50.4 Å². The summed E-state index contributed by atoms with van der Waals surface area (Å²) in [6.07, 6.45) is 0. The van der Waals surface area contributed by atoms with E-state index in [-0.39, 0.29) is 11.9 Å². The lowest BCUT2D eigenvalue weighted by molar-refractivity contribution is 0.0957. The summed E-state index contributed by atoms with van der Waals surface area (Å²) in [6, 6.07) is 6.22.